The van der Waals surface area contributed by atoms with Gasteiger partial charge >= 0.3 is 18.2 Å². The molecule has 3 N–H and O–H groups in total. The molecular formula is C10H16F3NO5. The van der Waals surface area contributed by atoms with Crippen molar-refractivity contribution in [3.63, 3.8) is 0 Å². The van der Waals surface area contributed by atoms with Crippen LogP contribution in [0.4, 0.5) is 18.0 Å². The van der Waals surface area contributed by atoms with Crippen molar-refractivity contribution in [1.82, 2.24) is 5.32 Å². The van der Waals surface area contributed by atoms with Crippen LogP contribution >= 0.6 is 0 Å². The number of nitrogens with one attached hydrogen (secondary N) is 1. The normalized spacial score (nSPS) is 15.5. The number of alkyl halides is 3. The largest absolute Gasteiger partial charge is 0.480 e. The maximum absolute atomic E-state index is 12.1. The predicted octanol–water partition coefficient (Wildman–Crippen LogP) is 1.28. The Hall–Kier alpha value is -1.51. The van der Waals surface area contributed by atoms with Gasteiger partial charge in [-0.15, -0.1) is 0 Å². The van der Waals surface area contributed by atoms with E-state index in [0.717, 1.165) is 0 Å². The fraction of sp³-hybridized carbons (Fsp3) is 0.800. The van der Waals surface area contributed by atoms with Crippen LogP contribution in [-0.2, 0) is 9.53 Å². The zero-order chi connectivity index (χ0) is 15.4. The van der Waals surface area contributed by atoms with Crippen LogP contribution in [0.25, 0.3) is 0 Å². The number of hydrogen-bond acceptors (Lipinski definition) is 4. The Morgan fingerprint density at radius 2 is 1.74 bits per heavy atom. The van der Waals surface area contributed by atoms with Crippen molar-refractivity contribution in [2.24, 2.45) is 0 Å². The number of aliphatic carboxylic acids is 1. The molecule has 0 fully saturated rings. The monoisotopic (exact) mass is 287 g/mol. The number of aliphatic hydroxyl groups excluding tert-OH is 1. The summed E-state index contributed by atoms with van der Waals surface area (Å²) in [5.41, 5.74) is -0.921. The molecule has 0 rings (SSSR count). The second-order valence-electron chi connectivity index (χ2n) is 4.83. The molecule has 1 amide bonds. The van der Waals surface area contributed by atoms with Crippen molar-refractivity contribution in [3.05, 3.63) is 0 Å². The van der Waals surface area contributed by atoms with Gasteiger partial charge in [-0.25, -0.2) is 9.59 Å². The number of amides is 1. The number of carboxylic acids is 1. The summed E-state index contributed by atoms with van der Waals surface area (Å²) < 4.78 is 41.0. The van der Waals surface area contributed by atoms with Gasteiger partial charge in [-0.3, -0.25) is 0 Å². The molecule has 2 unspecified atom stereocenters. The van der Waals surface area contributed by atoms with Crippen molar-refractivity contribution in [1.29, 1.82) is 0 Å². The van der Waals surface area contributed by atoms with Crippen molar-refractivity contribution in [2.75, 3.05) is 0 Å². The molecule has 0 aromatic carbocycles. The lowest BCUT2D eigenvalue weighted by atomic mass is 10.1. The van der Waals surface area contributed by atoms with E-state index in [1.807, 2.05) is 0 Å². The van der Waals surface area contributed by atoms with Gasteiger partial charge in [0.1, 0.15) is 11.6 Å². The second kappa shape index (κ2) is 6.09. The van der Waals surface area contributed by atoms with E-state index in [4.69, 9.17) is 14.9 Å². The maximum atomic E-state index is 12.1. The molecule has 0 radical (unpaired) electrons. The summed E-state index contributed by atoms with van der Waals surface area (Å²) in [4.78, 5) is 22.0. The smallest absolute Gasteiger partial charge is 0.414 e. The highest BCUT2D eigenvalue weighted by atomic mass is 19.4. The van der Waals surface area contributed by atoms with Crippen LogP contribution in [0, 0.1) is 0 Å². The number of alkyl carbamates (subject to hydrolysis) is 1. The summed E-state index contributed by atoms with van der Waals surface area (Å²) in [6.07, 6.45) is -10.2. The van der Waals surface area contributed by atoms with Crippen LogP contribution in [-0.4, -0.2) is 46.2 Å². The second-order valence-corrected chi connectivity index (χ2v) is 4.83. The third-order valence-corrected chi connectivity index (χ3v) is 1.83. The summed E-state index contributed by atoms with van der Waals surface area (Å²) in [7, 11) is 0. The van der Waals surface area contributed by atoms with E-state index in [1.165, 1.54) is 20.8 Å². The first-order valence-electron chi connectivity index (χ1n) is 5.30. The first-order valence-corrected chi connectivity index (χ1v) is 5.30. The van der Waals surface area contributed by atoms with Gasteiger partial charge in [-0.05, 0) is 20.8 Å². The SMILES string of the molecule is CC(C)(C)OC(=O)NC(CC(O)C(F)(F)F)C(=O)O. The standard InChI is InChI=1S/C10H16F3NO5/c1-9(2,3)19-8(18)14-5(7(16)17)4-6(15)10(11,12)13/h5-6,15H,4H2,1-3H3,(H,14,18)(H,16,17). The van der Waals surface area contributed by atoms with Gasteiger partial charge in [-0.1, -0.05) is 0 Å². The zero-order valence-corrected chi connectivity index (χ0v) is 10.6. The number of hydrogen-bond donors (Lipinski definition) is 3. The summed E-state index contributed by atoms with van der Waals surface area (Å²) in [5, 5.41) is 19.2. The molecule has 112 valence electrons. The Labute approximate surface area is 107 Å². The lowest BCUT2D eigenvalue weighted by molar-refractivity contribution is -0.207. The summed E-state index contributed by atoms with van der Waals surface area (Å²) in [5.74, 6) is -1.70. The summed E-state index contributed by atoms with van der Waals surface area (Å²) in [6, 6.07) is -1.90. The Morgan fingerprint density at radius 1 is 1.26 bits per heavy atom. The van der Waals surface area contributed by atoms with E-state index < -0.39 is 42.4 Å². The van der Waals surface area contributed by atoms with Crippen LogP contribution in [0.15, 0.2) is 0 Å². The summed E-state index contributed by atoms with van der Waals surface area (Å²) in [6.45, 7) is 4.52. The molecular weight excluding hydrogens is 271 g/mol. The Morgan fingerprint density at radius 3 is 2.05 bits per heavy atom. The highest BCUT2D eigenvalue weighted by Crippen LogP contribution is 2.23. The average Bonchev–Trinajstić information content (AvgIpc) is 2.11. The van der Waals surface area contributed by atoms with E-state index >= 15 is 0 Å². The van der Waals surface area contributed by atoms with Gasteiger partial charge in [-0.2, -0.15) is 13.2 Å². The van der Waals surface area contributed by atoms with Gasteiger partial charge in [0.25, 0.3) is 0 Å². The molecule has 0 aliphatic heterocycles. The molecule has 0 heterocycles. The van der Waals surface area contributed by atoms with Crippen LogP contribution < -0.4 is 5.32 Å². The molecule has 19 heavy (non-hydrogen) atoms. The lowest BCUT2D eigenvalue weighted by Crippen LogP contribution is -2.47. The number of rotatable bonds is 4. The fourth-order valence-corrected chi connectivity index (χ4v) is 1.03. The van der Waals surface area contributed by atoms with Gasteiger partial charge in [0.2, 0.25) is 0 Å². The molecule has 6 nitrogen and oxygen atoms in total. The quantitative estimate of drug-likeness (QED) is 0.724. The molecule has 0 aromatic heterocycles. The van der Waals surface area contributed by atoms with Crippen molar-refractivity contribution in [3.8, 4) is 0 Å². The van der Waals surface area contributed by atoms with Gasteiger partial charge in [0.15, 0.2) is 6.10 Å². The molecule has 0 spiro atoms. The molecule has 0 saturated heterocycles. The average molecular weight is 287 g/mol. The number of carbonyl (C=O) groups excluding carboxylic acids is 1. The van der Waals surface area contributed by atoms with Crippen molar-refractivity contribution >= 4 is 12.1 Å². The minimum absolute atomic E-state index is 0.921. The predicted molar refractivity (Wildman–Crippen MR) is 57.5 cm³/mol. The fourth-order valence-electron chi connectivity index (χ4n) is 1.03. The van der Waals surface area contributed by atoms with Crippen LogP contribution in [0.5, 0.6) is 0 Å². The zero-order valence-electron chi connectivity index (χ0n) is 10.6. The first-order chi connectivity index (χ1) is 8.33. The molecule has 0 saturated carbocycles. The van der Waals surface area contributed by atoms with Gasteiger partial charge < -0.3 is 20.3 Å². The Bertz CT molecular complexity index is 337. The number of aliphatic hydroxyl groups is 1. The highest BCUT2D eigenvalue weighted by molar-refractivity contribution is 5.80. The molecule has 0 aromatic rings. The minimum Gasteiger partial charge on any atom is -0.480 e. The molecule has 9 heteroatoms. The maximum Gasteiger partial charge on any atom is 0.414 e. The van der Waals surface area contributed by atoms with Crippen LogP contribution in [0.3, 0.4) is 0 Å². The Kier molecular flexibility index (Phi) is 5.61. The summed E-state index contributed by atoms with van der Waals surface area (Å²) >= 11 is 0. The number of carboxylic acid groups (broad SMARTS) is 1. The van der Waals surface area contributed by atoms with E-state index in [0.29, 0.717) is 0 Å². The number of halogens is 3. The van der Waals surface area contributed by atoms with Gasteiger partial charge in [0.05, 0.1) is 0 Å². The third kappa shape index (κ3) is 7.50. The van der Waals surface area contributed by atoms with Crippen molar-refractivity contribution < 1.29 is 37.7 Å². The molecule has 0 aliphatic rings. The van der Waals surface area contributed by atoms with Crippen LogP contribution in [0.2, 0.25) is 0 Å². The molecule has 0 aliphatic carbocycles. The Balaban J connectivity index is 4.60. The first kappa shape index (κ1) is 17.5. The topological polar surface area (TPSA) is 95.9 Å². The van der Waals surface area contributed by atoms with E-state index in [1.54, 1.807) is 5.32 Å². The molecule has 2 atom stereocenters. The van der Waals surface area contributed by atoms with E-state index in [2.05, 4.69) is 0 Å². The minimum atomic E-state index is -4.96. The number of carbonyl (C=O) groups is 2. The van der Waals surface area contributed by atoms with Gasteiger partial charge in [0, 0.05) is 6.42 Å². The van der Waals surface area contributed by atoms with Crippen molar-refractivity contribution in [2.45, 2.75) is 51.1 Å². The third-order valence-electron chi connectivity index (χ3n) is 1.83. The lowest BCUT2D eigenvalue weighted by Gasteiger charge is -2.23. The van der Waals surface area contributed by atoms with E-state index in [-0.39, 0.29) is 0 Å². The highest BCUT2D eigenvalue weighted by Gasteiger charge is 2.41. The number of ether oxygens (including phenoxy) is 1. The molecule has 0 bridgehead atoms. The van der Waals surface area contributed by atoms with E-state index in [9.17, 15) is 22.8 Å². The van der Waals surface area contributed by atoms with Crippen LogP contribution in [0.1, 0.15) is 27.2 Å².